The Hall–Kier alpha value is -0.860. The van der Waals surface area contributed by atoms with Crippen molar-refractivity contribution in [3.8, 4) is 11.8 Å². The van der Waals surface area contributed by atoms with Crippen molar-refractivity contribution in [3.05, 3.63) is 21.9 Å². The van der Waals surface area contributed by atoms with Gasteiger partial charge in [0.25, 0.3) is 0 Å². The maximum atomic E-state index is 8.77. The Kier molecular flexibility index (Phi) is 5.41. The summed E-state index contributed by atoms with van der Waals surface area (Å²) in [6.07, 6.45) is 0.556. The number of aliphatic hydroxyl groups excluding tert-OH is 1. The molecule has 1 saturated heterocycles. The van der Waals surface area contributed by atoms with E-state index >= 15 is 0 Å². The molecule has 104 valence electrons. The highest BCUT2D eigenvalue weighted by molar-refractivity contribution is 7.10. The molecule has 1 unspecified atom stereocenters. The normalized spacial score (nSPS) is 21.1. The predicted molar refractivity (Wildman–Crippen MR) is 80.3 cm³/mol. The lowest BCUT2D eigenvalue weighted by Crippen LogP contribution is -2.49. The zero-order chi connectivity index (χ0) is 13.7. The van der Waals surface area contributed by atoms with Crippen molar-refractivity contribution in [2.75, 3.05) is 33.3 Å². The number of nitrogens with zero attached hydrogens (tertiary/aromatic N) is 2. The molecule has 4 heteroatoms. The Morgan fingerprint density at radius 1 is 1.47 bits per heavy atom. The Labute approximate surface area is 119 Å². The topological polar surface area (TPSA) is 26.7 Å². The van der Waals surface area contributed by atoms with Crippen molar-refractivity contribution in [2.24, 2.45) is 0 Å². The molecule has 19 heavy (non-hydrogen) atoms. The molecule has 2 heterocycles. The van der Waals surface area contributed by atoms with Crippen LogP contribution in [0, 0.1) is 11.8 Å². The van der Waals surface area contributed by atoms with Crippen molar-refractivity contribution in [3.63, 3.8) is 0 Å². The Morgan fingerprint density at radius 2 is 2.32 bits per heavy atom. The zero-order valence-electron chi connectivity index (χ0n) is 11.7. The van der Waals surface area contributed by atoms with Gasteiger partial charge in [-0.2, -0.15) is 0 Å². The maximum Gasteiger partial charge on any atom is 0.0540 e. The molecule has 1 N–H and O–H groups in total. The third kappa shape index (κ3) is 4.05. The van der Waals surface area contributed by atoms with Crippen LogP contribution < -0.4 is 0 Å². The lowest BCUT2D eigenvalue weighted by atomic mass is 10.2. The van der Waals surface area contributed by atoms with Crippen LogP contribution in [-0.2, 0) is 6.54 Å². The summed E-state index contributed by atoms with van der Waals surface area (Å²) in [5, 5.41) is 10.9. The molecule has 1 aromatic rings. The average Bonchev–Trinajstić information content (AvgIpc) is 2.82. The fraction of sp³-hybridized carbons (Fsp3) is 0.600. The monoisotopic (exact) mass is 278 g/mol. The van der Waals surface area contributed by atoms with Crippen LogP contribution in [0.5, 0.6) is 0 Å². The zero-order valence-corrected chi connectivity index (χ0v) is 12.5. The molecule has 0 bridgehead atoms. The summed E-state index contributed by atoms with van der Waals surface area (Å²) in [6.45, 7) is 6.81. The van der Waals surface area contributed by atoms with E-state index in [2.05, 4.69) is 47.1 Å². The molecule has 1 aliphatic heterocycles. The van der Waals surface area contributed by atoms with Gasteiger partial charge in [0.05, 0.1) is 6.61 Å². The van der Waals surface area contributed by atoms with Gasteiger partial charge in [-0.1, -0.05) is 11.8 Å². The number of thiophene rings is 1. The first kappa shape index (κ1) is 14.5. The smallest absolute Gasteiger partial charge is 0.0540 e. The highest BCUT2D eigenvalue weighted by Gasteiger charge is 2.21. The summed E-state index contributed by atoms with van der Waals surface area (Å²) in [7, 11) is 2.19. The minimum atomic E-state index is 0.141. The number of likely N-dealkylation sites (N-methyl/N-ethyl adjacent to an activating group) is 1. The SMILES string of the molecule is CC1CN(Cc2sccc2C#CCCO)CCN1C. The Balaban J connectivity index is 1.97. The molecule has 0 saturated carbocycles. The molecule has 0 spiro atoms. The molecule has 0 aromatic carbocycles. The van der Waals surface area contributed by atoms with E-state index < -0.39 is 0 Å². The van der Waals surface area contributed by atoms with Gasteiger partial charge in [0.2, 0.25) is 0 Å². The molecular weight excluding hydrogens is 256 g/mol. The predicted octanol–water partition coefficient (Wildman–Crippen LogP) is 1.62. The number of aliphatic hydroxyl groups is 1. The summed E-state index contributed by atoms with van der Waals surface area (Å²) >= 11 is 1.78. The molecule has 1 atom stereocenters. The van der Waals surface area contributed by atoms with Crippen molar-refractivity contribution >= 4 is 11.3 Å². The average molecular weight is 278 g/mol. The number of hydrogen-bond acceptors (Lipinski definition) is 4. The minimum Gasteiger partial charge on any atom is -0.395 e. The molecule has 3 nitrogen and oxygen atoms in total. The lowest BCUT2D eigenvalue weighted by molar-refractivity contribution is 0.101. The van der Waals surface area contributed by atoms with E-state index in [1.54, 1.807) is 11.3 Å². The second kappa shape index (κ2) is 7.06. The van der Waals surface area contributed by atoms with Crippen LogP contribution in [0.2, 0.25) is 0 Å². The molecule has 0 radical (unpaired) electrons. The van der Waals surface area contributed by atoms with Crippen molar-refractivity contribution in [2.45, 2.75) is 25.9 Å². The first-order valence-corrected chi connectivity index (χ1v) is 7.67. The van der Waals surface area contributed by atoms with Crippen molar-refractivity contribution in [1.29, 1.82) is 0 Å². The van der Waals surface area contributed by atoms with Crippen LogP contribution in [0.4, 0.5) is 0 Å². The standard InChI is InChI=1S/C15H22N2OS/c1-13-11-17(8-7-16(13)2)12-15-14(6-10-19-15)5-3-4-9-18/h6,10,13,18H,4,7-9,11-12H2,1-2H3. The number of hydrogen-bond donors (Lipinski definition) is 1. The van der Waals surface area contributed by atoms with Crippen LogP contribution in [0.1, 0.15) is 23.8 Å². The Bertz CT molecular complexity index is 460. The maximum absolute atomic E-state index is 8.77. The van der Waals surface area contributed by atoms with Gasteiger partial charge >= 0.3 is 0 Å². The number of rotatable bonds is 3. The molecular formula is C15H22N2OS. The minimum absolute atomic E-state index is 0.141. The summed E-state index contributed by atoms with van der Waals surface area (Å²) < 4.78 is 0. The molecule has 1 fully saturated rings. The lowest BCUT2D eigenvalue weighted by Gasteiger charge is -2.37. The largest absolute Gasteiger partial charge is 0.395 e. The van der Waals surface area contributed by atoms with E-state index in [4.69, 9.17) is 5.11 Å². The van der Waals surface area contributed by atoms with Crippen LogP contribution in [-0.4, -0.2) is 54.2 Å². The van der Waals surface area contributed by atoms with E-state index in [0.29, 0.717) is 12.5 Å². The van der Waals surface area contributed by atoms with E-state index in [1.807, 2.05) is 0 Å². The van der Waals surface area contributed by atoms with Crippen molar-refractivity contribution < 1.29 is 5.11 Å². The first-order chi connectivity index (χ1) is 9.20. The van der Waals surface area contributed by atoms with Crippen LogP contribution >= 0.6 is 11.3 Å². The van der Waals surface area contributed by atoms with Gasteiger partial charge in [0.15, 0.2) is 0 Å². The fourth-order valence-electron chi connectivity index (χ4n) is 2.26. The van der Waals surface area contributed by atoms with Gasteiger partial charge in [-0.3, -0.25) is 4.90 Å². The highest BCUT2D eigenvalue weighted by Crippen LogP contribution is 2.20. The third-order valence-electron chi connectivity index (χ3n) is 3.62. The second-order valence-electron chi connectivity index (χ2n) is 5.10. The molecule has 2 rings (SSSR count). The van der Waals surface area contributed by atoms with Crippen LogP contribution in [0.15, 0.2) is 11.4 Å². The molecule has 0 amide bonds. The van der Waals surface area contributed by atoms with Gasteiger partial charge < -0.3 is 10.0 Å². The van der Waals surface area contributed by atoms with Crippen LogP contribution in [0.25, 0.3) is 0 Å². The van der Waals surface area contributed by atoms with Crippen molar-refractivity contribution in [1.82, 2.24) is 9.80 Å². The molecule has 1 aromatic heterocycles. The van der Waals surface area contributed by atoms with Gasteiger partial charge in [-0.05, 0) is 25.4 Å². The van der Waals surface area contributed by atoms with E-state index in [0.717, 1.165) is 31.7 Å². The fourth-order valence-corrected chi connectivity index (χ4v) is 3.13. The third-order valence-corrected chi connectivity index (χ3v) is 4.52. The summed E-state index contributed by atoms with van der Waals surface area (Å²) in [5.41, 5.74) is 1.13. The van der Waals surface area contributed by atoms with E-state index in [9.17, 15) is 0 Å². The second-order valence-corrected chi connectivity index (χ2v) is 6.10. The van der Waals surface area contributed by atoms with E-state index in [-0.39, 0.29) is 6.61 Å². The van der Waals surface area contributed by atoms with Crippen LogP contribution in [0.3, 0.4) is 0 Å². The summed E-state index contributed by atoms with van der Waals surface area (Å²) in [4.78, 5) is 6.27. The summed E-state index contributed by atoms with van der Waals surface area (Å²) in [6, 6.07) is 2.71. The highest BCUT2D eigenvalue weighted by atomic mass is 32.1. The molecule has 0 aliphatic carbocycles. The van der Waals surface area contributed by atoms with Gasteiger partial charge in [-0.15, -0.1) is 11.3 Å². The summed E-state index contributed by atoms with van der Waals surface area (Å²) in [5.74, 6) is 6.18. The Morgan fingerprint density at radius 3 is 3.05 bits per heavy atom. The van der Waals surface area contributed by atoms with Gasteiger partial charge in [-0.25, -0.2) is 0 Å². The van der Waals surface area contributed by atoms with Gasteiger partial charge in [0, 0.05) is 49.1 Å². The van der Waals surface area contributed by atoms with E-state index in [1.165, 1.54) is 4.88 Å². The molecule has 1 aliphatic rings. The quantitative estimate of drug-likeness (QED) is 0.851. The first-order valence-electron chi connectivity index (χ1n) is 6.79. The van der Waals surface area contributed by atoms with Gasteiger partial charge in [0.1, 0.15) is 0 Å². The number of piperazine rings is 1.